The third kappa shape index (κ3) is 2.10. The number of rotatable bonds is 4. The lowest BCUT2D eigenvalue weighted by Crippen LogP contribution is -2.12. The molecule has 0 saturated heterocycles. The molecule has 0 spiro atoms. The van der Waals surface area contributed by atoms with Crippen LogP contribution in [-0.4, -0.2) is 19.1 Å². The van der Waals surface area contributed by atoms with Crippen molar-refractivity contribution >= 4 is 11.3 Å². The van der Waals surface area contributed by atoms with Crippen LogP contribution in [0.1, 0.15) is 18.9 Å². The van der Waals surface area contributed by atoms with Crippen molar-refractivity contribution in [3.05, 3.63) is 23.5 Å². The molecule has 0 aliphatic heterocycles. The Morgan fingerprint density at radius 2 is 2.38 bits per heavy atom. The maximum Gasteiger partial charge on any atom is 0.211 e. The quantitative estimate of drug-likeness (QED) is 0.889. The zero-order valence-electron chi connectivity index (χ0n) is 9.48. The van der Waals surface area contributed by atoms with Gasteiger partial charge in [-0.3, -0.25) is 0 Å². The van der Waals surface area contributed by atoms with Crippen molar-refractivity contribution < 1.29 is 9.15 Å². The molecule has 0 aliphatic rings. The van der Waals surface area contributed by atoms with Crippen molar-refractivity contribution in [2.24, 2.45) is 0 Å². The minimum absolute atomic E-state index is 0.121. The van der Waals surface area contributed by atoms with Gasteiger partial charge in [-0.2, -0.15) is 0 Å². The van der Waals surface area contributed by atoms with Gasteiger partial charge in [-0.1, -0.05) is 0 Å². The molecule has 5 heteroatoms. The Bertz CT molecular complexity index is 464. The Hall–Kier alpha value is -1.33. The molecule has 16 heavy (non-hydrogen) atoms. The van der Waals surface area contributed by atoms with Crippen LogP contribution in [0.5, 0.6) is 5.75 Å². The molecule has 2 aromatic heterocycles. The molecular weight excluding hydrogens is 224 g/mol. The molecule has 1 atom stereocenters. The second kappa shape index (κ2) is 4.67. The van der Waals surface area contributed by atoms with Crippen LogP contribution in [0.25, 0.3) is 10.6 Å². The van der Waals surface area contributed by atoms with Crippen LogP contribution >= 0.6 is 11.3 Å². The second-order valence-electron chi connectivity index (χ2n) is 3.42. The summed E-state index contributed by atoms with van der Waals surface area (Å²) >= 11 is 1.58. The van der Waals surface area contributed by atoms with Crippen molar-refractivity contribution in [1.29, 1.82) is 0 Å². The lowest BCUT2D eigenvalue weighted by molar-refractivity contribution is 0.416. The molecular formula is C11H14N2O2S. The Balaban J connectivity index is 2.24. The fourth-order valence-electron chi connectivity index (χ4n) is 1.28. The van der Waals surface area contributed by atoms with Crippen molar-refractivity contribution in [2.45, 2.75) is 13.0 Å². The summed E-state index contributed by atoms with van der Waals surface area (Å²) in [5.74, 6) is 2.33. The molecule has 1 unspecified atom stereocenters. The first-order valence-corrected chi connectivity index (χ1v) is 5.88. The van der Waals surface area contributed by atoms with Gasteiger partial charge in [0.2, 0.25) is 5.89 Å². The normalized spacial score (nSPS) is 12.7. The Morgan fingerprint density at radius 1 is 1.56 bits per heavy atom. The molecule has 2 heterocycles. The SMILES string of the molecule is CNC(C)c1ncc(-c2cc(OC)cs2)o1. The maximum absolute atomic E-state index is 5.66. The zero-order chi connectivity index (χ0) is 11.5. The van der Waals surface area contributed by atoms with Crippen LogP contribution in [0.15, 0.2) is 22.1 Å². The van der Waals surface area contributed by atoms with E-state index in [-0.39, 0.29) is 6.04 Å². The van der Waals surface area contributed by atoms with Gasteiger partial charge in [-0.05, 0) is 14.0 Å². The number of oxazole rings is 1. The fourth-order valence-corrected chi connectivity index (χ4v) is 2.08. The minimum atomic E-state index is 0.121. The minimum Gasteiger partial charge on any atom is -0.496 e. The summed E-state index contributed by atoms with van der Waals surface area (Å²) in [4.78, 5) is 5.26. The van der Waals surface area contributed by atoms with Crippen molar-refractivity contribution in [3.8, 4) is 16.4 Å². The van der Waals surface area contributed by atoms with Crippen LogP contribution in [0, 0.1) is 0 Å². The van der Waals surface area contributed by atoms with Gasteiger partial charge in [0.25, 0.3) is 0 Å². The van der Waals surface area contributed by atoms with Gasteiger partial charge in [-0.15, -0.1) is 11.3 Å². The van der Waals surface area contributed by atoms with E-state index in [0.717, 1.165) is 16.4 Å². The van der Waals surface area contributed by atoms with Crippen LogP contribution in [0.2, 0.25) is 0 Å². The molecule has 2 aromatic rings. The summed E-state index contributed by atoms with van der Waals surface area (Å²) in [6.07, 6.45) is 1.74. The first-order valence-electron chi connectivity index (χ1n) is 5.00. The van der Waals surface area contributed by atoms with Gasteiger partial charge < -0.3 is 14.5 Å². The second-order valence-corrected chi connectivity index (χ2v) is 4.34. The first kappa shape index (κ1) is 11.2. The van der Waals surface area contributed by atoms with E-state index < -0.39 is 0 Å². The van der Waals surface area contributed by atoms with Gasteiger partial charge in [0.05, 0.1) is 24.2 Å². The van der Waals surface area contributed by atoms with Gasteiger partial charge in [0, 0.05) is 11.4 Å². The topological polar surface area (TPSA) is 47.3 Å². The molecule has 86 valence electrons. The van der Waals surface area contributed by atoms with Crippen LogP contribution in [0.3, 0.4) is 0 Å². The third-order valence-electron chi connectivity index (χ3n) is 2.38. The Kier molecular flexibility index (Phi) is 3.26. The number of hydrogen-bond donors (Lipinski definition) is 1. The summed E-state index contributed by atoms with van der Waals surface area (Å²) in [6, 6.07) is 2.06. The lowest BCUT2D eigenvalue weighted by Gasteiger charge is -2.03. The lowest BCUT2D eigenvalue weighted by atomic mass is 10.3. The van der Waals surface area contributed by atoms with E-state index in [1.165, 1.54) is 0 Å². The number of aromatic nitrogens is 1. The summed E-state index contributed by atoms with van der Waals surface area (Å²) in [5, 5.41) is 5.03. The van der Waals surface area contributed by atoms with E-state index in [9.17, 15) is 0 Å². The molecule has 2 rings (SSSR count). The molecule has 0 amide bonds. The highest BCUT2D eigenvalue weighted by Crippen LogP contribution is 2.32. The summed E-state index contributed by atoms with van der Waals surface area (Å²) in [5.41, 5.74) is 0. The average molecular weight is 238 g/mol. The summed E-state index contributed by atoms with van der Waals surface area (Å²) < 4.78 is 10.8. The van der Waals surface area contributed by atoms with Crippen LogP contribution < -0.4 is 10.1 Å². The fraction of sp³-hybridized carbons (Fsp3) is 0.364. The largest absolute Gasteiger partial charge is 0.496 e. The number of hydrogen-bond acceptors (Lipinski definition) is 5. The monoisotopic (exact) mass is 238 g/mol. The highest BCUT2D eigenvalue weighted by molar-refractivity contribution is 7.13. The third-order valence-corrected chi connectivity index (χ3v) is 3.30. The maximum atomic E-state index is 5.66. The first-order chi connectivity index (χ1) is 7.74. The highest BCUT2D eigenvalue weighted by atomic mass is 32.1. The average Bonchev–Trinajstić information content (AvgIpc) is 2.95. The van der Waals surface area contributed by atoms with Crippen molar-refractivity contribution in [2.75, 3.05) is 14.2 Å². The predicted octanol–water partition coefficient (Wildman–Crippen LogP) is 2.69. The molecule has 0 aliphatic carbocycles. The standard InChI is InChI=1S/C11H14N2O2S/c1-7(12-2)11-13-5-9(15-11)10-4-8(14-3)6-16-10/h4-7,12H,1-3H3. The van der Waals surface area contributed by atoms with E-state index in [2.05, 4.69) is 10.3 Å². The molecule has 0 bridgehead atoms. The predicted molar refractivity (Wildman–Crippen MR) is 63.8 cm³/mol. The highest BCUT2D eigenvalue weighted by Gasteiger charge is 2.12. The van der Waals surface area contributed by atoms with Crippen molar-refractivity contribution in [3.63, 3.8) is 0 Å². The molecule has 0 radical (unpaired) electrons. The van der Waals surface area contributed by atoms with E-state index in [0.29, 0.717) is 5.89 Å². The molecule has 1 N–H and O–H groups in total. The Labute approximate surface area is 98.3 Å². The Morgan fingerprint density at radius 3 is 3.00 bits per heavy atom. The zero-order valence-corrected chi connectivity index (χ0v) is 10.3. The van der Waals surface area contributed by atoms with Gasteiger partial charge in [0.15, 0.2) is 5.76 Å². The number of nitrogens with zero attached hydrogens (tertiary/aromatic N) is 1. The van der Waals surface area contributed by atoms with Gasteiger partial charge in [0.1, 0.15) is 5.75 Å². The van der Waals surface area contributed by atoms with Crippen molar-refractivity contribution in [1.82, 2.24) is 10.3 Å². The van der Waals surface area contributed by atoms with E-state index >= 15 is 0 Å². The molecule has 0 fully saturated rings. The number of nitrogens with one attached hydrogen (secondary N) is 1. The van der Waals surface area contributed by atoms with E-state index in [4.69, 9.17) is 9.15 Å². The van der Waals surface area contributed by atoms with E-state index in [1.54, 1.807) is 24.6 Å². The summed E-state index contributed by atoms with van der Waals surface area (Å²) in [6.45, 7) is 2.00. The molecule has 0 saturated carbocycles. The smallest absolute Gasteiger partial charge is 0.211 e. The van der Waals surface area contributed by atoms with Gasteiger partial charge in [-0.25, -0.2) is 4.98 Å². The van der Waals surface area contributed by atoms with Gasteiger partial charge >= 0.3 is 0 Å². The molecule has 4 nitrogen and oxygen atoms in total. The van der Waals surface area contributed by atoms with Crippen LogP contribution in [0.4, 0.5) is 0 Å². The van der Waals surface area contributed by atoms with Crippen LogP contribution in [-0.2, 0) is 0 Å². The number of methoxy groups -OCH3 is 1. The number of ether oxygens (including phenoxy) is 1. The summed E-state index contributed by atoms with van der Waals surface area (Å²) in [7, 11) is 3.53. The number of thiophene rings is 1. The van der Waals surface area contributed by atoms with E-state index in [1.807, 2.05) is 25.4 Å². The molecule has 0 aromatic carbocycles.